The predicted molar refractivity (Wildman–Crippen MR) is 68.3 cm³/mol. The number of alkyl halides is 2. The summed E-state index contributed by atoms with van der Waals surface area (Å²) < 4.78 is 25.6. The van der Waals surface area contributed by atoms with E-state index in [1.54, 1.807) is 18.2 Å². The van der Waals surface area contributed by atoms with E-state index in [1.807, 2.05) is 24.3 Å². The lowest BCUT2D eigenvalue weighted by Gasteiger charge is -2.14. The van der Waals surface area contributed by atoms with Crippen molar-refractivity contribution >= 4 is 16.7 Å². The highest BCUT2D eigenvalue weighted by Gasteiger charge is 2.28. The van der Waals surface area contributed by atoms with Crippen LogP contribution in [0.5, 0.6) is 0 Å². The lowest BCUT2D eigenvalue weighted by Crippen LogP contribution is -2.38. The Morgan fingerprint density at radius 2 is 1.84 bits per heavy atom. The molecule has 0 aliphatic carbocycles. The second kappa shape index (κ2) is 5.32. The molecule has 0 bridgehead atoms. The fraction of sp³-hybridized carbons (Fsp3) is 0.214. The van der Waals surface area contributed by atoms with Gasteiger partial charge in [-0.15, -0.1) is 0 Å². The molecule has 0 radical (unpaired) electrons. The van der Waals surface area contributed by atoms with Gasteiger partial charge >= 0.3 is 0 Å². The number of fused-ring (bicyclic) bond motifs is 1. The van der Waals surface area contributed by atoms with Crippen molar-refractivity contribution in [3.8, 4) is 0 Å². The molecular weight excluding hydrogens is 252 g/mol. The van der Waals surface area contributed by atoms with Crippen molar-refractivity contribution < 1.29 is 18.7 Å². The van der Waals surface area contributed by atoms with Crippen LogP contribution in [-0.4, -0.2) is 30.1 Å². The molecule has 19 heavy (non-hydrogen) atoms. The number of benzene rings is 2. The van der Waals surface area contributed by atoms with Crippen LogP contribution in [0.4, 0.5) is 8.78 Å². The summed E-state index contributed by atoms with van der Waals surface area (Å²) >= 11 is 0. The van der Waals surface area contributed by atoms with Gasteiger partial charge in [0.15, 0.2) is 0 Å². The Morgan fingerprint density at radius 3 is 2.53 bits per heavy atom. The first-order valence-electron chi connectivity index (χ1n) is 5.77. The first-order chi connectivity index (χ1) is 9.02. The predicted octanol–water partition coefficient (Wildman–Crippen LogP) is 2.20. The fourth-order valence-corrected chi connectivity index (χ4v) is 1.70. The zero-order valence-electron chi connectivity index (χ0n) is 10.1. The van der Waals surface area contributed by atoms with Crippen molar-refractivity contribution in [1.29, 1.82) is 0 Å². The third-order valence-electron chi connectivity index (χ3n) is 2.75. The van der Waals surface area contributed by atoms with E-state index in [0.29, 0.717) is 5.56 Å². The van der Waals surface area contributed by atoms with Gasteiger partial charge in [-0.3, -0.25) is 4.79 Å². The van der Waals surface area contributed by atoms with E-state index in [-0.39, 0.29) is 0 Å². The lowest BCUT2D eigenvalue weighted by atomic mass is 10.1. The molecule has 2 aromatic rings. The van der Waals surface area contributed by atoms with Crippen LogP contribution in [0.3, 0.4) is 0 Å². The van der Waals surface area contributed by atoms with Gasteiger partial charge < -0.3 is 10.4 Å². The molecule has 0 atom stereocenters. The van der Waals surface area contributed by atoms with Crippen LogP contribution in [0.15, 0.2) is 42.5 Å². The first-order valence-corrected chi connectivity index (χ1v) is 5.77. The van der Waals surface area contributed by atoms with Crippen molar-refractivity contribution in [1.82, 2.24) is 5.32 Å². The topological polar surface area (TPSA) is 49.3 Å². The molecule has 100 valence electrons. The normalized spacial score (nSPS) is 11.5. The lowest BCUT2D eigenvalue weighted by molar-refractivity contribution is -0.0462. The van der Waals surface area contributed by atoms with Gasteiger partial charge in [-0.2, -0.15) is 0 Å². The molecule has 0 aliphatic rings. The Bertz CT molecular complexity index is 599. The number of nitrogens with one attached hydrogen (secondary N) is 1. The average molecular weight is 265 g/mol. The Morgan fingerprint density at radius 1 is 1.16 bits per heavy atom. The Balaban J connectivity index is 2.13. The summed E-state index contributed by atoms with van der Waals surface area (Å²) in [5, 5.41) is 12.4. The SMILES string of the molecule is O=C(NCC(F)(F)CO)c1ccc2ccccc2c1. The van der Waals surface area contributed by atoms with Crippen molar-refractivity contribution in [3.63, 3.8) is 0 Å². The molecule has 0 spiro atoms. The summed E-state index contributed by atoms with van der Waals surface area (Å²) in [6.07, 6.45) is 0. The highest BCUT2D eigenvalue weighted by Crippen LogP contribution is 2.16. The minimum atomic E-state index is -3.30. The van der Waals surface area contributed by atoms with Crippen molar-refractivity contribution in [2.24, 2.45) is 0 Å². The molecule has 2 N–H and O–H groups in total. The molecular formula is C14H13F2NO2. The van der Waals surface area contributed by atoms with Gasteiger partial charge in [-0.1, -0.05) is 30.3 Å². The minimum absolute atomic E-state index is 0.312. The highest BCUT2D eigenvalue weighted by atomic mass is 19.3. The van der Waals surface area contributed by atoms with Crippen molar-refractivity contribution in [2.75, 3.05) is 13.2 Å². The Hall–Kier alpha value is -2.01. The van der Waals surface area contributed by atoms with Crippen molar-refractivity contribution in [3.05, 3.63) is 48.0 Å². The number of aliphatic hydroxyl groups excluding tert-OH is 1. The van der Waals surface area contributed by atoms with E-state index < -0.39 is 25.0 Å². The van der Waals surface area contributed by atoms with Crippen LogP contribution in [0.1, 0.15) is 10.4 Å². The van der Waals surface area contributed by atoms with E-state index in [1.165, 1.54) is 0 Å². The van der Waals surface area contributed by atoms with Crippen LogP contribution < -0.4 is 5.32 Å². The van der Waals surface area contributed by atoms with Gasteiger partial charge in [0.05, 0.1) is 6.54 Å². The number of hydrogen-bond acceptors (Lipinski definition) is 2. The molecule has 1 amide bonds. The summed E-state index contributed by atoms with van der Waals surface area (Å²) in [6.45, 7) is -2.17. The Labute approximate surface area is 108 Å². The number of carbonyl (C=O) groups is 1. The molecule has 0 unspecified atom stereocenters. The summed E-state index contributed by atoms with van der Waals surface area (Å²) in [4.78, 5) is 11.7. The quantitative estimate of drug-likeness (QED) is 0.890. The largest absolute Gasteiger partial charge is 0.390 e. The molecule has 0 fully saturated rings. The maximum Gasteiger partial charge on any atom is 0.287 e. The summed E-state index contributed by atoms with van der Waals surface area (Å²) in [7, 11) is 0. The van der Waals surface area contributed by atoms with Gasteiger partial charge in [-0.05, 0) is 22.9 Å². The van der Waals surface area contributed by atoms with E-state index >= 15 is 0 Å². The van der Waals surface area contributed by atoms with E-state index in [2.05, 4.69) is 5.32 Å². The molecule has 5 heteroatoms. The third kappa shape index (κ3) is 3.26. The number of hydrogen-bond donors (Lipinski definition) is 2. The number of aliphatic hydroxyl groups is 1. The third-order valence-corrected chi connectivity index (χ3v) is 2.75. The smallest absolute Gasteiger partial charge is 0.287 e. The molecule has 2 aromatic carbocycles. The van der Waals surface area contributed by atoms with E-state index in [9.17, 15) is 13.6 Å². The second-order valence-electron chi connectivity index (χ2n) is 4.26. The molecule has 0 aliphatic heterocycles. The van der Waals surface area contributed by atoms with Crippen LogP contribution in [0.25, 0.3) is 10.8 Å². The van der Waals surface area contributed by atoms with Gasteiger partial charge in [0.2, 0.25) is 0 Å². The molecule has 0 aromatic heterocycles. The maximum absolute atomic E-state index is 12.8. The number of halogens is 2. The fourth-order valence-electron chi connectivity index (χ4n) is 1.70. The summed E-state index contributed by atoms with van der Waals surface area (Å²) in [5.74, 6) is -3.88. The average Bonchev–Trinajstić information content (AvgIpc) is 2.44. The van der Waals surface area contributed by atoms with E-state index in [4.69, 9.17) is 5.11 Å². The molecule has 3 nitrogen and oxygen atoms in total. The maximum atomic E-state index is 12.8. The van der Waals surface area contributed by atoms with Gasteiger partial charge in [-0.25, -0.2) is 8.78 Å². The van der Waals surface area contributed by atoms with Crippen LogP contribution in [0, 0.1) is 0 Å². The number of rotatable bonds is 4. The zero-order chi connectivity index (χ0) is 13.9. The van der Waals surface area contributed by atoms with Crippen LogP contribution in [-0.2, 0) is 0 Å². The van der Waals surface area contributed by atoms with Crippen LogP contribution in [0.2, 0.25) is 0 Å². The minimum Gasteiger partial charge on any atom is -0.390 e. The van der Waals surface area contributed by atoms with E-state index in [0.717, 1.165) is 10.8 Å². The molecule has 0 saturated heterocycles. The number of amides is 1. The molecule has 0 heterocycles. The summed E-state index contributed by atoms with van der Waals surface area (Å²) in [6, 6.07) is 12.4. The van der Waals surface area contributed by atoms with Crippen LogP contribution >= 0.6 is 0 Å². The first kappa shape index (κ1) is 13.4. The summed E-state index contributed by atoms with van der Waals surface area (Å²) in [5.41, 5.74) is 0.312. The highest BCUT2D eigenvalue weighted by molar-refractivity contribution is 5.98. The molecule has 2 rings (SSSR count). The van der Waals surface area contributed by atoms with Gasteiger partial charge in [0.25, 0.3) is 11.8 Å². The van der Waals surface area contributed by atoms with Gasteiger partial charge in [0.1, 0.15) is 6.61 Å². The monoisotopic (exact) mass is 265 g/mol. The van der Waals surface area contributed by atoms with Crippen molar-refractivity contribution in [2.45, 2.75) is 5.92 Å². The van der Waals surface area contributed by atoms with Gasteiger partial charge in [0, 0.05) is 5.56 Å². The number of carbonyl (C=O) groups excluding carboxylic acids is 1. The Kier molecular flexibility index (Phi) is 3.76. The standard InChI is InChI=1S/C14H13F2NO2/c15-14(16,9-18)8-17-13(19)12-6-5-10-3-1-2-4-11(10)7-12/h1-7,18H,8-9H2,(H,17,19). The molecule has 0 saturated carbocycles. The zero-order valence-corrected chi connectivity index (χ0v) is 10.1. The second-order valence-corrected chi connectivity index (χ2v) is 4.26.